The third-order valence-corrected chi connectivity index (χ3v) is 5.42. The molecule has 0 unspecified atom stereocenters. The van der Waals surface area contributed by atoms with Crippen molar-refractivity contribution >= 4 is 15.8 Å². The van der Waals surface area contributed by atoms with Crippen LogP contribution >= 0.6 is 0 Å². The third kappa shape index (κ3) is 1.54. The lowest BCUT2D eigenvalue weighted by atomic mass is 10.4. The smallest absolute Gasteiger partial charge is 0.327 e. The lowest BCUT2D eigenvalue weighted by Crippen LogP contribution is -2.38. The van der Waals surface area contributed by atoms with E-state index in [2.05, 4.69) is 0 Å². The summed E-state index contributed by atoms with van der Waals surface area (Å²) in [5.41, 5.74) is 0. The number of esters is 1. The second-order valence-corrected chi connectivity index (χ2v) is 6.62. The predicted molar refractivity (Wildman–Crippen MR) is 52.7 cm³/mol. The van der Waals surface area contributed by atoms with E-state index < -0.39 is 25.8 Å². The molecule has 1 saturated carbocycles. The Kier molecular flexibility index (Phi) is 2.90. The van der Waals surface area contributed by atoms with Crippen molar-refractivity contribution in [2.75, 3.05) is 6.61 Å². The van der Waals surface area contributed by atoms with Gasteiger partial charge in [-0.05, 0) is 33.6 Å². The van der Waals surface area contributed by atoms with Gasteiger partial charge in [0, 0.05) is 0 Å². The van der Waals surface area contributed by atoms with Crippen LogP contribution in [0.5, 0.6) is 0 Å². The van der Waals surface area contributed by atoms with Crippen LogP contribution in [0.2, 0.25) is 0 Å². The van der Waals surface area contributed by atoms with Crippen molar-refractivity contribution in [3.05, 3.63) is 0 Å². The maximum atomic E-state index is 11.8. The summed E-state index contributed by atoms with van der Waals surface area (Å²) in [5, 5.41) is -0.519. The largest absolute Gasteiger partial charge is 0.465 e. The van der Waals surface area contributed by atoms with Gasteiger partial charge in [0.25, 0.3) is 0 Å². The Morgan fingerprint density at radius 3 is 2.21 bits per heavy atom. The first-order chi connectivity index (χ1) is 6.38. The van der Waals surface area contributed by atoms with Crippen LogP contribution in [0.3, 0.4) is 0 Å². The second-order valence-electron chi connectivity index (χ2n) is 3.81. The number of hydrogen-bond donors (Lipinski definition) is 0. The molecule has 1 fully saturated rings. The lowest BCUT2D eigenvalue weighted by Gasteiger charge is -2.17. The number of carbonyl (C=O) groups excluding carboxylic acids is 1. The van der Waals surface area contributed by atoms with Gasteiger partial charge in [-0.15, -0.1) is 0 Å². The first-order valence-corrected chi connectivity index (χ1v) is 6.34. The van der Waals surface area contributed by atoms with E-state index in [4.69, 9.17) is 4.74 Å². The van der Waals surface area contributed by atoms with Gasteiger partial charge < -0.3 is 4.74 Å². The average Bonchev–Trinajstić information content (AvgIpc) is 2.84. The van der Waals surface area contributed by atoms with Gasteiger partial charge in [0.1, 0.15) is 0 Å². The molecule has 14 heavy (non-hydrogen) atoms. The summed E-state index contributed by atoms with van der Waals surface area (Å²) in [6, 6.07) is 0. The molecule has 0 aromatic heterocycles. The van der Waals surface area contributed by atoms with Crippen molar-refractivity contribution in [1.82, 2.24) is 0 Å². The molecular weight excluding hydrogens is 204 g/mol. The van der Waals surface area contributed by atoms with Crippen LogP contribution in [0.1, 0.15) is 33.6 Å². The monoisotopic (exact) mass is 220 g/mol. The first-order valence-electron chi connectivity index (χ1n) is 4.79. The molecule has 4 nitrogen and oxygen atoms in total. The molecule has 0 N–H and O–H groups in total. The summed E-state index contributed by atoms with van der Waals surface area (Å²) in [5.74, 6) is -0.575. The molecule has 0 aliphatic heterocycles. The minimum absolute atomic E-state index is 0.230. The van der Waals surface area contributed by atoms with E-state index in [0.29, 0.717) is 12.8 Å². The van der Waals surface area contributed by atoms with Crippen LogP contribution in [0.15, 0.2) is 0 Å². The zero-order chi connectivity index (χ0) is 11.0. The molecule has 1 aliphatic rings. The molecule has 82 valence electrons. The van der Waals surface area contributed by atoms with Gasteiger partial charge in [-0.1, -0.05) is 0 Å². The van der Waals surface area contributed by atoms with Gasteiger partial charge in [0.2, 0.25) is 0 Å². The molecule has 0 saturated heterocycles. The van der Waals surface area contributed by atoms with Crippen molar-refractivity contribution in [3.8, 4) is 0 Å². The number of sulfone groups is 1. The fourth-order valence-corrected chi connectivity index (χ4v) is 3.30. The topological polar surface area (TPSA) is 60.4 Å². The summed E-state index contributed by atoms with van der Waals surface area (Å²) in [6.45, 7) is 5.09. The SMILES string of the molecule is CCOC(=O)C1(S(=O)(=O)C(C)C)CC1. The predicted octanol–water partition coefficient (Wildman–Crippen LogP) is 0.905. The van der Waals surface area contributed by atoms with E-state index >= 15 is 0 Å². The molecule has 0 spiro atoms. The van der Waals surface area contributed by atoms with Crippen molar-refractivity contribution in [2.24, 2.45) is 0 Å². The van der Waals surface area contributed by atoms with Crippen LogP contribution in [0.4, 0.5) is 0 Å². The molecule has 0 bridgehead atoms. The summed E-state index contributed by atoms with van der Waals surface area (Å²) in [4.78, 5) is 11.5. The standard InChI is InChI=1S/C9H16O4S/c1-4-13-8(10)9(5-6-9)14(11,12)7(2)3/h7H,4-6H2,1-3H3. The maximum absolute atomic E-state index is 11.8. The first kappa shape index (κ1) is 11.5. The summed E-state index contributed by atoms with van der Waals surface area (Å²) < 4.78 is 27.2. The molecule has 1 aliphatic carbocycles. The summed E-state index contributed by atoms with van der Waals surface area (Å²) in [6.07, 6.45) is 0.818. The van der Waals surface area contributed by atoms with Crippen LogP contribution in [-0.4, -0.2) is 31.0 Å². The van der Waals surface area contributed by atoms with Crippen molar-refractivity contribution in [1.29, 1.82) is 0 Å². The minimum Gasteiger partial charge on any atom is -0.465 e. The zero-order valence-electron chi connectivity index (χ0n) is 8.74. The zero-order valence-corrected chi connectivity index (χ0v) is 9.56. The van der Waals surface area contributed by atoms with Gasteiger partial charge in [-0.2, -0.15) is 0 Å². The average molecular weight is 220 g/mol. The Morgan fingerprint density at radius 1 is 1.43 bits per heavy atom. The van der Waals surface area contributed by atoms with Gasteiger partial charge in [0.05, 0.1) is 11.9 Å². The highest BCUT2D eigenvalue weighted by Crippen LogP contribution is 2.46. The van der Waals surface area contributed by atoms with Gasteiger partial charge in [-0.3, -0.25) is 4.79 Å². The molecule has 0 heterocycles. The van der Waals surface area contributed by atoms with Crippen LogP contribution in [0, 0.1) is 0 Å². The summed E-state index contributed by atoms with van der Waals surface area (Å²) >= 11 is 0. The van der Waals surface area contributed by atoms with E-state index in [-0.39, 0.29) is 6.61 Å². The fourth-order valence-electron chi connectivity index (χ4n) is 1.43. The van der Waals surface area contributed by atoms with E-state index in [9.17, 15) is 13.2 Å². The minimum atomic E-state index is -3.36. The van der Waals surface area contributed by atoms with Gasteiger partial charge in [0.15, 0.2) is 14.6 Å². The van der Waals surface area contributed by atoms with Crippen molar-refractivity contribution < 1.29 is 17.9 Å². The van der Waals surface area contributed by atoms with Crippen LogP contribution in [-0.2, 0) is 19.4 Å². The molecular formula is C9H16O4S. The Hall–Kier alpha value is -0.580. The highest BCUT2D eigenvalue weighted by molar-refractivity contribution is 7.94. The Balaban J connectivity index is 2.92. The van der Waals surface area contributed by atoms with Crippen LogP contribution < -0.4 is 0 Å². The number of hydrogen-bond acceptors (Lipinski definition) is 4. The Morgan fingerprint density at radius 2 is 1.93 bits per heavy atom. The highest BCUT2D eigenvalue weighted by Gasteiger charge is 2.62. The van der Waals surface area contributed by atoms with E-state index in [1.54, 1.807) is 20.8 Å². The maximum Gasteiger partial charge on any atom is 0.327 e. The molecule has 0 aromatic rings. The van der Waals surface area contributed by atoms with E-state index in [0.717, 1.165) is 0 Å². The van der Waals surface area contributed by atoms with Gasteiger partial charge in [-0.25, -0.2) is 8.42 Å². The molecule has 1 rings (SSSR count). The molecule has 0 amide bonds. The number of rotatable bonds is 4. The second kappa shape index (κ2) is 3.53. The molecule has 0 aromatic carbocycles. The van der Waals surface area contributed by atoms with Crippen molar-refractivity contribution in [2.45, 2.75) is 43.6 Å². The van der Waals surface area contributed by atoms with Crippen molar-refractivity contribution in [3.63, 3.8) is 0 Å². The van der Waals surface area contributed by atoms with Gasteiger partial charge >= 0.3 is 5.97 Å². The van der Waals surface area contributed by atoms with E-state index in [1.807, 2.05) is 0 Å². The number of ether oxygens (including phenoxy) is 1. The quantitative estimate of drug-likeness (QED) is 0.661. The van der Waals surface area contributed by atoms with Crippen LogP contribution in [0.25, 0.3) is 0 Å². The summed E-state index contributed by atoms with van der Waals surface area (Å²) in [7, 11) is -3.36. The fraction of sp³-hybridized carbons (Fsp3) is 0.889. The Labute approximate surface area is 84.6 Å². The highest BCUT2D eigenvalue weighted by atomic mass is 32.2. The molecule has 5 heteroatoms. The normalized spacial score (nSPS) is 19.4. The lowest BCUT2D eigenvalue weighted by molar-refractivity contribution is -0.143. The third-order valence-electron chi connectivity index (χ3n) is 2.52. The number of carbonyl (C=O) groups is 1. The molecule has 0 atom stereocenters. The van der Waals surface area contributed by atoms with E-state index in [1.165, 1.54) is 0 Å². The molecule has 0 radical (unpaired) electrons. The Bertz CT molecular complexity index is 325.